The van der Waals surface area contributed by atoms with Crippen LogP contribution in [0.5, 0.6) is 23.0 Å². The number of ketones is 2. The summed E-state index contributed by atoms with van der Waals surface area (Å²) >= 11 is 0. The average Bonchev–Trinajstić information content (AvgIpc) is 2.66. The first-order chi connectivity index (χ1) is 12.9. The van der Waals surface area contributed by atoms with Crippen LogP contribution in [0.2, 0.25) is 0 Å². The van der Waals surface area contributed by atoms with Gasteiger partial charge in [0.05, 0.1) is 20.6 Å². The summed E-state index contributed by atoms with van der Waals surface area (Å²) < 4.78 is 10.00. The van der Waals surface area contributed by atoms with Gasteiger partial charge in [-0.05, 0) is 47.5 Å². The number of ether oxygens (including phenoxy) is 2. The molecule has 28 heavy (non-hydrogen) atoms. The van der Waals surface area contributed by atoms with E-state index in [4.69, 9.17) is 9.47 Å². The summed E-state index contributed by atoms with van der Waals surface area (Å²) in [4.78, 5) is 23.9. The van der Waals surface area contributed by atoms with Crippen LogP contribution in [0.4, 0.5) is 0 Å². The zero-order valence-electron chi connectivity index (χ0n) is 15.4. The van der Waals surface area contributed by atoms with Gasteiger partial charge in [-0.3, -0.25) is 9.59 Å². The van der Waals surface area contributed by atoms with E-state index in [0.29, 0.717) is 22.6 Å². The Labute approximate surface area is 173 Å². The molecule has 2 rings (SSSR count). The molecule has 146 valence electrons. The molecule has 2 aromatic carbocycles. The number of aromatic hydroxyl groups is 2. The van der Waals surface area contributed by atoms with Crippen molar-refractivity contribution in [2.45, 2.75) is 6.42 Å². The van der Waals surface area contributed by atoms with Crippen LogP contribution in [0.25, 0.3) is 12.2 Å². The Balaban J connectivity index is 0.00000392. The maximum atomic E-state index is 11.9. The third-order valence-corrected chi connectivity index (χ3v) is 3.68. The fourth-order valence-corrected chi connectivity index (χ4v) is 2.26. The summed E-state index contributed by atoms with van der Waals surface area (Å²) in [6.45, 7) is 0. The second kappa shape index (κ2) is 11.0. The maximum absolute atomic E-state index is 11.9. The fraction of sp³-hybridized carbons (Fsp3) is 0.143. The summed E-state index contributed by atoms with van der Waals surface area (Å²) in [5, 5.41) is 19.1. The Morgan fingerprint density at radius 2 is 1.21 bits per heavy atom. The Bertz CT molecular complexity index is 828. The molecule has 0 amide bonds. The first-order valence-electron chi connectivity index (χ1n) is 8.08. The van der Waals surface area contributed by atoms with Gasteiger partial charge in [0.1, 0.15) is 0 Å². The molecule has 0 fully saturated rings. The van der Waals surface area contributed by atoms with Gasteiger partial charge in [0.15, 0.2) is 34.6 Å². The van der Waals surface area contributed by atoms with Crippen molar-refractivity contribution in [2.75, 3.05) is 14.2 Å². The molecule has 2 aromatic rings. The first-order valence-corrected chi connectivity index (χ1v) is 8.08. The van der Waals surface area contributed by atoms with E-state index in [1.54, 1.807) is 36.4 Å². The number of hydrogen-bond donors (Lipinski definition) is 2. The third kappa shape index (κ3) is 6.61. The summed E-state index contributed by atoms with van der Waals surface area (Å²) in [7, 11) is 2.87. The van der Waals surface area contributed by atoms with Crippen molar-refractivity contribution in [3.8, 4) is 23.0 Å². The minimum Gasteiger partial charge on any atom is -0.504 e. The molecule has 2 radical (unpaired) electrons. The van der Waals surface area contributed by atoms with E-state index in [1.165, 1.54) is 38.5 Å². The predicted octanol–water partition coefficient (Wildman–Crippen LogP) is 2.99. The Morgan fingerprint density at radius 3 is 1.57 bits per heavy atom. The van der Waals surface area contributed by atoms with E-state index in [9.17, 15) is 19.8 Å². The van der Waals surface area contributed by atoms with E-state index in [1.807, 2.05) is 0 Å². The van der Waals surface area contributed by atoms with Crippen molar-refractivity contribution >= 4 is 40.8 Å². The molecule has 0 heterocycles. The number of allylic oxidation sites excluding steroid dienone is 2. The molecular formula is C21H20O6Se. The molecule has 0 aliphatic carbocycles. The van der Waals surface area contributed by atoms with E-state index in [2.05, 4.69) is 0 Å². The summed E-state index contributed by atoms with van der Waals surface area (Å²) in [5.74, 6) is -0.0832. The topological polar surface area (TPSA) is 93.1 Å². The number of hydrogen-bond acceptors (Lipinski definition) is 6. The van der Waals surface area contributed by atoms with Crippen LogP contribution >= 0.6 is 0 Å². The average molecular weight is 447 g/mol. The van der Waals surface area contributed by atoms with Crippen molar-refractivity contribution in [1.82, 2.24) is 0 Å². The zero-order chi connectivity index (χ0) is 19.8. The van der Waals surface area contributed by atoms with Gasteiger partial charge >= 0.3 is 0 Å². The number of benzene rings is 2. The van der Waals surface area contributed by atoms with Gasteiger partial charge in [0.25, 0.3) is 0 Å². The minimum atomic E-state index is -0.347. The Morgan fingerprint density at radius 1 is 0.821 bits per heavy atom. The van der Waals surface area contributed by atoms with Crippen molar-refractivity contribution in [3.63, 3.8) is 0 Å². The first kappa shape index (κ1) is 23.0. The minimum absolute atomic E-state index is 0. The van der Waals surface area contributed by atoms with E-state index >= 15 is 0 Å². The molecule has 0 saturated heterocycles. The van der Waals surface area contributed by atoms with Crippen LogP contribution in [-0.2, 0) is 9.59 Å². The number of phenolic OH excluding ortho intramolecular Hbond substituents is 2. The quantitative estimate of drug-likeness (QED) is 0.367. The molecule has 0 bridgehead atoms. The van der Waals surface area contributed by atoms with Gasteiger partial charge < -0.3 is 19.7 Å². The molecule has 7 heteroatoms. The molecule has 0 aromatic heterocycles. The number of phenols is 2. The van der Waals surface area contributed by atoms with Gasteiger partial charge in [-0.15, -0.1) is 0 Å². The smallest absolute Gasteiger partial charge is 0.163 e. The van der Waals surface area contributed by atoms with Gasteiger partial charge in [0, 0.05) is 17.1 Å². The van der Waals surface area contributed by atoms with Gasteiger partial charge in [-0.1, -0.05) is 24.3 Å². The third-order valence-electron chi connectivity index (χ3n) is 3.68. The molecule has 0 aliphatic rings. The number of carbonyl (C=O) groups excluding carboxylic acids is 2. The second-order valence-corrected chi connectivity index (χ2v) is 5.64. The Kier molecular flexibility index (Phi) is 9.02. The van der Waals surface area contributed by atoms with Gasteiger partial charge in [-0.2, -0.15) is 0 Å². The summed E-state index contributed by atoms with van der Waals surface area (Å²) in [6, 6.07) is 9.34. The van der Waals surface area contributed by atoms with Gasteiger partial charge in [0.2, 0.25) is 0 Å². The standard InChI is InChI=1S/C21H20O6.Se/c1-26-20-11-14(5-9-18(20)24)3-7-16(22)13-17(23)8-4-15-6-10-19(25)21(12-15)27-2;/h3-12,24-25H,13H2,1-2H3;/b7-3+,8-4+;. The molecule has 0 spiro atoms. The largest absolute Gasteiger partial charge is 0.504 e. The van der Waals surface area contributed by atoms with Crippen LogP contribution < -0.4 is 9.47 Å². The molecule has 0 saturated carbocycles. The molecular weight excluding hydrogens is 427 g/mol. The van der Waals surface area contributed by atoms with E-state index < -0.39 is 0 Å². The van der Waals surface area contributed by atoms with Crippen molar-refractivity contribution in [1.29, 1.82) is 0 Å². The van der Waals surface area contributed by atoms with Crippen LogP contribution in [0.15, 0.2) is 48.6 Å². The number of methoxy groups -OCH3 is 2. The van der Waals surface area contributed by atoms with Crippen molar-refractivity contribution < 1.29 is 29.3 Å². The molecule has 0 atom stereocenters. The monoisotopic (exact) mass is 448 g/mol. The maximum Gasteiger partial charge on any atom is 0.163 e. The van der Waals surface area contributed by atoms with Crippen LogP contribution in [0, 0.1) is 0 Å². The van der Waals surface area contributed by atoms with Crippen molar-refractivity contribution in [3.05, 3.63) is 59.7 Å². The molecule has 2 N–H and O–H groups in total. The summed E-state index contributed by atoms with van der Waals surface area (Å²) in [6.07, 6.45) is 5.44. The summed E-state index contributed by atoms with van der Waals surface area (Å²) in [5.41, 5.74) is 1.33. The molecule has 0 aliphatic heterocycles. The normalized spacial score (nSPS) is 10.6. The van der Waals surface area contributed by atoms with E-state index in [-0.39, 0.29) is 46.6 Å². The molecule has 0 unspecified atom stereocenters. The van der Waals surface area contributed by atoms with E-state index in [0.717, 1.165) is 0 Å². The van der Waals surface area contributed by atoms with Crippen molar-refractivity contribution in [2.24, 2.45) is 0 Å². The fourth-order valence-electron chi connectivity index (χ4n) is 2.26. The second-order valence-electron chi connectivity index (χ2n) is 5.64. The SMILES string of the molecule is COc1cc(/C=C/C(=O)CC(=O)/C=C/c2ccc(O)c(OC)c2)ccc1O.[Se]. The van der Waals surface area contributed by atoms with Crippen LogP contribution in [0.1, 0.15) is 17.5 Å². The molecule has 6 nitrogen and oxygen atoms in total. The predicted molar refractivity (Wildman–Crippen MR) is 108 cm³/mol. The zero-order valence-corrected chi connectivity index (χ0v) is 17.1. The number of carbonyl (C=O) groups is 2. The van der Waals surface area contributed by atoms with Crippen LogP contribution in [0.3, 0.4) is 0 Å². The Hall–Kier alpha value is -3.02. The number of rotatable bonds is 8. The van der Waals surface area contributed by atoms with Crippen LogP contribution in [-0.4, -0.2) is 53.1 Å². The van der Waals surface area contributed by atoms with Gasteiger partial charge in [-0.25, -0.2) is 0 Å².